The molecule has 0 radical (unpaired) electrons. The van der Waals surface area contributed by atoms with Crippen LogP contribution in [-0.2, 0) is 20.4 Å². The van der Waals surface area contributed by atoms with Gasteiger partial charge in [0.2, 0.25) is 5.88 Å². The van der Waals surface area contributed by atoms with E-state index < -0.39 is 21.5 Å². The highest BCUT2D eigenvalue weighted by molar-refractivity contribution is 7.93. The number of aromatic nitrogens is 1. The Balaban J connectivity index is 1.45. The number of likely N-dealkylation sites (tertiary alicyclic amines) is 1. The number of piperidine rings is 1. The molecule has 270 valence electrons. The summed E-state index contributed by atoms with van der Waals surface area (Å²) in [7, 11) is -4.47. The molecule has 2 fully saturated rings. The summed E-state index contributed by atoms with van der Waals surface area (Å²) in [6, 6.07) is 17.7. The highest BCUT2D eigenvalue weighted by atomic mass is 32.2. The van der Waals surface area contributed by atoms with Crippen LogP contribution in [0.25, 0.3) is 0 Å². The van der Waals surface area contributed by atoms with Gasteiger partial charge < -0.3 is 19.4 Å². The van der Waals surface area contributed by atoms with Crippen LogP contribution in [0.1, 0.15) is 63.1 Å². The van der Waals surface area contributed by atoms with Gasteiger partial charge in [0.05, 0.1) is 34.4 Å². The molecule has 3 aromatic rings. The van der Waals surface area contributed by atoms with Crippen molar-refractivity contribution in [2.24, 2.45) is 0 Å². The van der Waals surface area contributed by atoms with Gasteiger partial charge in [-0.1, -0.05) is 32.0 Å². The van der Waals surface area contributed by atoms with Crippen molar-refractivity contribution < 1.29 is 22.7 Å². The van der Waals surface area contributed by atoms with Crippen LogP contribution in [-0.4, -0.2) is 110 Å². The molecule has 1 aromatic heterocycles. The molecule has 1 unspecified atom stereocenters. The van der Waals surface area contributed by atoms with Crippen molar-refractivity contribution in [3.63, 3.8) is 0 Å². The molecular weight excluding hydrogens is 667 g/mol. The average molecular weight is 714 g/mol. The highest BCUT2D eigenvalue weighted by Crippen LogP contribution is 2.53. The number of sulfonamides is 1. The number of urea groups is 1. The molecule has 3 amide bonds. The standard InChI is InChI=1S/C38H47N7O5S/c1-4-19-41-23-25-42(26-24-41)30-16-21-43(22-17-30)37(47)44(20-5-2)38(32-13-10-18-40-35(32)50-6-3)33-27-29(28-39)14-15-34(33)45(36(38)46)51(48,49)31-11-8-7-9-12-31/h7-15,18,27,30H,4-6,16-17,19-26H2,1-3H3. The first-order valence-electron chi connectivity index (χ1n) is 18.0. The summed E-state index contributed by atoms with van der Waals surface area (Å²) in [6.45, 7) is 12.4. The van der Waals surface area contributed by atoms with Gasteiger partial charge in [0.1, 0.15) is 0 Å². The molecule has 13 heteroatoms. The SMILES string of the molecule is CCCN1CCN(C2CCN(C(=O)N(CCC)C3(c4cccnc4OCC)C(=O)N(S(=O)(=O)c4ccccc4)c4ccc(C#N)cc43)CC2)CC1. The second kappa shape index (κ2) is 15.4. The number of hydrogen-bond acceptors (Lipinski definition) is 9. The maximum atomic E-state index is 15.5. The molecule has 4 heterocycles. The molecule has 6 rings (SSSR count). The molecule has 3 aliphatic rings. The number of benzene rings is 2. The fourth-order valence-corrected chi connectivity index (χ4v) is 9.34. The first-order chi connectivity index (χ1) is 24.7. The lowest BCUT2D eigenvalue weighted by Crippen LogP contribution is -2.61. The number of fused-ring (bicyclic) bond motifs is 1. The number of ether oxygens (including phenoxy) is 1. The van der Waals surface area contributed by atoms with Gasteiger partial charge in [-0.05, 0) is 81.6 Å². The van der Waals surface area contributed by atoms with E-state index in [0.717, 1.165) is 56.3 Å². The Morgan fingerprint density at radius 3 is 2.33 bits per heavy atom. The first-order valence-corrected chi connectivity index (χ1v) is 19.5. The lowest BCUT2D eigenvalue weighted by molar-refractivity contribution is -0.125. The number of piperazine rings is 1. The molecule has 0 N–H and O–H groups in total. The normalized spacial score (nSPS) is 20.2. The molecular formula is C38H47N7O5S. The molecule has 51 heavy (non-hydrogen) atoms. The van der Waals surface area contributed by atoms with Crippen molar-refractivity contribution in [2.75, 3.05) is 63.3 Å². The van der Waals surface area contributed by atoms with Gasteiger partial charge >= 0.3 is 6.03 Å². The molecule has 1 atom stereocenters. The van der Waals surface area contributed by atoms with Crippen LogP contribution in [0.3, 0.4) is 0 Å². The molecule has 2 saturated heterocycles. The Labute approximate surface area is 301 Å². The molecule has 3 aliphatic heterocycles. The van der Waals surface area contributed by atoms with Gasteiger partial charge in [0.25, 0.3) is 15.9 Å². The van der Waals surface area contributed by atoms with E-state index >= 15 is 9.59 Å². The summed E-state index contributed by atoms with van der Waals surface area (Å²) in [5, 5.41) is 10.0. The quantitative estimate of drug-likeness (QED) is 0.279. The molecule has 0 aliphatic carbocycles. The van der Waals surface area contributed by atoms with Crippen molar-refractivity contribution in [2.45, 2.75) is 62.9 Å². The minimum atomic E-state index is -4.47. The van der Waals surface area contributed by atoms with Crippen LogP contribution < -0.4 is 9.04 Å². The zero-order chi connectivity index (χ0) is 36.2. The first kappa shape index (κ1) is 36.3. The Hall–Kier alpha value is -4.51. The topological polar surface area (TPSA) is 130 Å². The number of amides is 3. The van der Waals surface area contributed by atoms with Gasteiger partial charge in [-0.25, -0.2) is 18.2 Å². The highest BCUT2D eigenvalue weighted by Gasteiger charge is 2.62. The van der Waals surface area contributed by atoms with Gasteiger partial charge in [-0.2, -0.15) is 9.57 Å². The maximum absolute atomic E-state index is 15.5. The predicted octanol–water partition coefficient (Wildman–Crippen LogP) is 4.66. The van der Waals surface area contributed by atoms with E-state index in [1.54, 1.807) is 42.2 Å². The third-order valence-electron chi connectivity index (χ3n) is 10.2. The monoisotopic (exact) mass is 713 g/mol. The average Bonchev–Trinajstić information content (AvgIpc) is 3.42. The van der Waals surface area contributed by atoms with Gasteiger partial charge in [0.15, 0.2) is 5.54 Å². The Morgan fingerprint density at radius 1 is 0.961 bits per heavy atom. The Morgan fingerprint density at radius 2 is 1.69 bits per heavy atom. The number of nitriles is 1. The minimum Gasteiger partial charge on any atom is -0.478 e. The maximum Gasteiger partial charge on any atom is 0.321 e. The van der Waals surface area contributed by atoms with Crippen molar-refractivity contribution in [1.29, 1.82) is 5.26 Å². The number of pyridine rings is 1. The number of hydrogen-bond donors (Lipinski definition) is 0. The summed E-state index contributed by atoms with van der Waals surface area (Å²) in [5.74, 6) is -0.748. The van der Waals surface area contributed by atoms with Crippen molar-refractivity contribution >= 4 is 27.6 Å². The van der Waals surface area contributed by atoms with Crippen molar-refractivity contribution in [3.8, 4) is 11.9 Å². The molecule has 12 nitrogen and oxygen atoms in total. The zero-order valence-electron chi connectivity index (χ0n) is 29.7. The number of rotatable bonds is 11. The largest absolute Gasteiger partial charge is 0.478 e. The summed E-state index contributed by atoms with van der Waals surface area (Å²) in [6.07, 6.45) is 4.73. The van der Waals surface area contributed by atoms with Gasteiger partial charge in [-0.15, -0.1) is 0 Å². The lowest BCUT2D eigenvalue weighted by atomic mass is 9.81. The van der Waals surface area contributed by atoms with E-state index in [2.05, 4.69) is 27.8 Å². The van der Waals surface area contributed by atoms with Crippen molar-refractivity contribution in [3.05, 3.63) is 83.6 Å². The Bertz CT molecular complexity index is 1870. The van der Waals surface area contributed by atoms with Crippen LogP contribution in [0.2, 0.25) is 0 Å². The van der Waals surface area contributed by atoms with Crippen LogP contribution >= 0.6 is 0 Å². The van der Waals surface area contributed by atoms with E-state index in [-0.39, 0.29) is 52.3 Å². The summed E-state index contributed by atoms with van der Waals surface area (Å²) in [4.78, 5) is 43.2. The third-order valence-corrected chi connectivity index (χ3v) is 11.9. The van der Waals surface area contributed by atoms with Gasteiger partial charge in [0, 0.05) is 63.6 Å². The third kappa shape index (κ3) is 6.56. The minimum absolute atomic E-state index is 0.0731. The predicted molar refractivity (Wildman–Crippen MR) is 194 cm³/mol. The number of carbonyl (C=O) groups is 2. The van der Waals surface area contributed by atoms with Crippen LogP contribution in [0.5, 0.6) is 5.88 Å². The number of carbonyl (C=O) groups excluding carboxylic acids is 2. The molecule has 2 aromatic carbocycles. The van der Waals surface area contributed by atoms with E-state index in [1.807, 2.05) is 6.92 Å². The van der Waals surface area contributed by atoms with E-state index in [1.165, 1.54) is 41.4 Å². The van der Waals surface area contributed by atoms with Crippen molar-refractivity contribution in [1.82, 2.24) is 24.6 Å². The van der Waals surface area contributed by atoms with E-state index in [9.17, 15) is 13.7 Å². The van der Waals surface area contributed by atoms with E-state index in [4.69, 9.17) is 4.74 Å². The van der Waals surface area contributed by atoms with Crippen LogP contribution in [0.4, 0.5) is 10.5 Å². The fourth-order valence-electron chi connectivity index (χ4n) is 7.86. The fraction of sp³-hybridized carbons (Fsp3) is 0.474. The summed E-state index contributed by atoms with van der Waals surface area (Å²) < 4.78 is 35.7. The smallest absolute Gasteiger partial charge is 0.321 e. The number of anilines is 1. The second-order valence-corrected chi connectivity index (χ2v) is 15.0. The Kier molecular flexibility index (Phi) is 10.9. The van der Waals surface area contributed by atoms with Gasteiger partial charge in [-0.3, -0.25) is 9.69 Å². The lowest BCUT2D eigenvalue weighted by Gasteiger charge is -2.46. The molecule has 0 bridgehead atoms. The summed E-state index contributed by atoms with van der Waals surface area (Å²) >= 11 is 0. The molecule has 0 spiro atoms. The second-order valence-electron chi connectivity index (χ2n) is 13.3. The number of nitrogens with zero attached hydrogens (tertiary/aromatic N) is 7. The zero-order valence-corrected chi connectivity index (χ0v) is 30.5. The molecule has 0 saturated carbocycles. The van der Waals surface area contributed by atoms with Crippen LogP contribution in [0, 0.1) is 11.3 Å². The van der Waals surface area contributed by atoms with E-state index in [0.29, 0.717) is 25.6 Å². The van der Waals surface area contributed by atoms with Crippen LogP contribution in [0.15, 0.2) is 71.8 Å². The summed E-state index contributed by atoms with van der Waals surface area (Å²) in [5.41, 5.74) is -1.27.